The molecule has 0 radical (unpaired) electrons. The van der Waals surface area contributed by atoms with E-state index >= 15 is 0 Å². The molecule has 0 spiro atoms. The molecule has 0 unspecified atom stereocenters. The summed E-state index contributed by atoms with van der Waals surface area (Å²) in [5, 5.41) is 66.5. The minimum Gasteiger partial charge on any atom is -0.481 e. The van der Waals surface area contributed by atoms with Crippen molar-refractivity contribution in [3.8, 4) is 0 Å². The van der Waals surface area contributed by atoms with Crippen molar-refractivity contribution in [2.75, 3.05) is 101 Å². The number of methoxy groups -OCH3 is 3. The average molecular weight is 889 g/mol. The summed E-state index contributed by atoms with van der Waals surface area (Å²) in [4.78, 5) is 72.9. The molecule has 0 saturated carbocycles. The quantitative estimate of drug-likeness (QED) is 0.0304. The standard InChI is InChI=1S/C27H51N6O21P3/c1-46-4-7-49-10-13-52-55(28-19(25(40)41)16-22(34)35)31-56(53-14-11-50-8-5-47-2,29-20(26(42)43)17-23(36)37)33-57(32-55,54-15-12-51-9-6-48-3)30-21(27(44)45)18-24(38)39/h19-21,28-30H,4-18H2,1-3H3,(H,34,35)(H,36,37)(H,38,39)(H,40,41)(H,42,43)(H,44,45)/t19-,20-,21-,55?,56?,57?/m0/s1. The number of carboxylic acids is 6. The maximum absolute atomic E-state index is 12.5. The molecule has 0 aliphatic carbocycles. The first kappa shape index (κ1) is 52.0. The molecule has 0 saturated heterocycles. The third-order valence-corrected chi connectivity index (χ3v) is 15.9. The Morgan fingerprint density at radius 2 is 0.649 bits per heavy atom. The predicted octanol–water partition coefficient (Wildman–Crippen LogP) is 0.430. The number of rotatable bonds is 36. The summed E-state index contributed by atoms with van der Waals surface area (Å²) >= 11 is 0. The number of hydrogen-bond acceptors (Lipinski definition) is 21. The van der Waals surface area contributed by atoms with Gasteiger partial charge in [-0.1, -0.05) is 0 Å². The summed E-state index contributed by atoms with van der Waals surface area (Å²) < 4.78 is 62.8. The Kier molecular flexibility index (Phi) is 25.3. The van der Waals surface area contributed by atoms with Crippen LogP contribution in [0.3, 0.4) is 0 Å². The average Bonchev–Trinajstić information content (AvgIpc) is 3.11. The van der Waals surface area contributed by atoms with Crippen LogP contribution in [0.15, 0.2) is 13.5 Å². The van der Waals surface area contributed by atoms with Gasteiger partial charge in [-0.05, 0) is 0 Å². The minimum absolute atomic E-state index is 0.0411. The van der Waals surface area contributed by atoms with Crippen molar-refractivity contribution in [3.05, 3.63) is 0 Å². The number of hydrogen-bond donors (Lipinski definition) is 9. The van der Waals surface area contributed by atoms with E-state index in [0.29, 0.717) is 0 Å². The van der Waals surface area contributed by atoms with Gasteiger partial charge in [0.05, 0.1) is 98.5 Å². The minimum atomic E-state index is -4.66. The van der Waals surface area contributed by atoms with Crippen LogP contribution in [-0.4, -0.2) is 185 Å². The van der Waals surface area contributed by atoms with E-state index in [-0.39, 0.29) is 59.5 Å². The van der Waals surface area contributed by atoms with Crippen LogP contribution in [0.25, 0.3) is 0 Å². The lowest BCUT2D eigenvalue weighted by Gasteiger charge is -2.37. The first-order chi connectivity index (χ1) is 27.0. The van der Waals surface area contributed by atoms with E-state index in [1.807, 2.05) is 0 Å². The number of carbonyl (C=O) groups is 6. The normalized spacial score (nSPS) is 21.9. The largest absolute Gasteiger partial charge is 0.481 e. The molecule has 57 heavy (non-hydrogen) atoms. The third kappa shape index (κ3) is 21.0. The van der Waals surface area contributed by atoms with Crippen molar-refractivity contribution >= 4 is 58.6 Å². The van der Waals surface area contributed by atoms with Crippen molar-refractivity contribution in [3.63, 3.8) is 0 Å². The molecular formula is C27H51N6O21P3. The van der Waals surface area contributed by atoms with Crippen molar-refractivity contribution in [1.29, 1.82) is 0 Å². The molecule has 330 valence electrons. The van der Waals surface area contributed by atoms with Crippen molar-refractivity contribution < 1.29 is 101 Å². The van der Waals surface area contributed by atoms with Crippen LogP contribution < -0.4 is 15.3 Å². The highest BCUT2D eigenvalue weighted by Crippen LogP contribution is 2.76. The fourth-order valence-electron chi connectivity index (χ4n) is 4.07. The first-order valence-corrected chi connectivity index (χ1v) is 21.5. The van der Waals surface area contributed by atoms with Crippen LogP contribution in [0, 0.1) is 0 Å². The molecule has 0 bridgehead atoms. The summed E-state index contributed by atoms with van der Waals surface area (Å²) in [5.41, 5.74) is 0. The van der Waals surface area contributed by atoms with Crippen LogP contribution in [0.1, 0.15) is 19.3 Å². The molecular weight excluding hydrogens is 837 g/mol. The number of nitrogens with zero attached hydrogens (tertiary/aromatic N) is 3. The van der Waals surface area contributed by atoms with Crippen LogP contribution in [0.2, 0.25) is 0 Å². The van der Waals surface area contributed by atoms with Gasteiger partial charge in [0.25, 0.3) is 22.7 Å². The Bertz CT molecular complexity index is 1310. The van der Waals surface area contributed by atoms with Crippen LogP contribution in [-0.2, 0) is 70.8 Å². The maximum Gasteiger partial charge on any atom is 0.321 e. The number of ether oxygens (including phenoxy) is 6. The van der Waals surface area contributed by atoms with E-state index < -0.39 is 116 Å². The van der Waals surface area contributed by atoms with Gasteiger partial charge < -0.3 is 72.6 Å². The summed E-state index contributed by atoms with van der Waals surface area (Å²) in [6.45, 7) is -1.77. The smallest absolute Gasteiger partial charge is 0.321 e. The highest BCUT2D eigenvalue weighted by atomic mass is 31.3. The van der Waals surface area contributed by atoms with Gasteiger partial charge in [-0.2, -0.15) is 13.5 Å². The molecule has 1 heterocycles. The molecule has 1 aliphatic heterocycles. The van der Waals surface area contributed by atoms with Crippen molar-refractivity contribution in [2.24, 2.45) is 13.5 Å². The molecule has 1 rings (SSSR count). The van der Waals surface area contributed by atoms with Crippen molar-refractivity contribution in [2.45, 2.75) is 37.4 Å². The zero-order valence-corrected chi connectivity index (χ0v) is 34.0. The van der Waals surface area contributed by atoms with Gasteiger partial charge in [-0.25, -0.2) is 15.3 Å². The van der Waals surface area contributed by atoms with E-state index in [1.165, 1.54) is 21.3 Å². The van der Waals surface area contributed by atoms with Gasteiger partial charge in [-0.3, -0.25) is 28.8 Å². The van der Waals surface area contributed by atoms with E-state index in [2.05, 4.69) is 28.8 Å². The first-order valence-electron chi connectivity index (χ1n) is 16.7. The number of nitrogens with one attached hydrogen (secondary N) is 3. The van der Waals surface area contributed by atoms with Gasteiger partial charge in [-0.15, -0.1) is 0 Å². The SMILES string of the molecule is COCCOCCOP1(N[C@@H](CC(=O)O)C(=O)O)=NP(N[C@@H](CC(=O)O)C(=O)O)(OCCOCCOC)=NP(N[C@@H](CC(=O)O)C(=O)O)(OCCOCCOC)=N1. The third-order valence-electron chi connectivity index (χ3n) is 6.52. The van der Waals surface area contributed by atoms with Gasteiger partial charge in [0, 0.05) is 21.3 Å². The zero-order valence-electron chi connectivity index (χ0n) is 31.3. The second-order valence-electron chi connectivity index (χ2n) is 11.1. The van der Waals surface area contributed by atoms with Crippen molar-refractivity contribution in [1.82, 2.24) is 15.3 Å². The van der Waals surface area contributed by atoms with Gasteiger partial charge >= 0.3 is 35.8 Å². The van der Waals surface area contributed by atoms with Gasteiger partial charge in [0.2, 0.25) is 0 Å². The highest BCUT2D eigenvalue weighted by molar-refractivity contribution is 7.81. The monoisotopic (exact) mass is 888 g/mol. The van der Waals surface area contributed by atoms with Gasteiger partial charge in [0.15, 0.2) is 0 Å². The Balaban J connectivity index is 4.40. The highest BCUT2D eigenvalue weighted by Gasteiger charge is 2.46. The van der Waals surface area contributed by atoms with E-state index in [1.54, 1.807) is 0 Å². The van der Waals surface area contributed by atoms with E-state index in [9.17, 15) is 59.4 Å². The van der Waals surface area contributed by atoms with Crippen LogP contribution in [0.5, 0.6) is 0 Å². The topological polar surface area (TPSA) is 380 Å². The van der Waals surface area contributed by atoms with Gasteiger partial charge in [0.1, 0.15) is 18.1 Å². The Morgan fingerprint density at radius 1 is 0.421 bits per heavy atom. The van der Waals surface area contributed by atoms with Crippen LogP contribution >= 0.6 is 22.7 Å². The Hall–Kier alpha value is -2.97. The molecule has 0 aromatic rings. The predicted molar refractivity (Wildman–Crippen MR) is 194 cm³/mol. The zero-order chi connectivity index (χ0) is 42.9. The molecule has 0 amide bonds. The molecule has 27 nitrogen and oxygen atoms in total. The molecule has 9 N–H and O–H groups in total. The summed E-state index contributed by atoms with van der Waals surface area (Å²) in [7, 11) is -9.75. The molecule has 0 aromatic carbocycles. The second kappa shape index (κ2) is 27.7. The van der Waals surface area contributed by atoms with E-state index in [0.717, 1.165) is 0 Å². The molecule has 0 fully saturated rings. The summed E-state index contributed by atoms with van der Waals surface area (Å²) in [6.07, 6.45) is -3.37. The Labute approximate surface area is 326 Å². The lowest BCUT2D eigenvalue weighted by Crippen LogP contribution is -2.40. The summed E-state index contributed by atoms with van der Waals surface area (Å²) in [6, 6.07) is -6.21. The van der Waals surface area contributed by atoms with E-state index in [4.69, 9.17) is 42.0 Å². The molecule has 30 heteroatoms. The lowest BCUT2D eigenvalue weighted by atomic mass is 10.2. The fourth-order valence-corrected chi connectivity index (χ4v) is 14.9. The molecule has 0 aromatic heterocycles. The summed E-state index contributed by atoms with van der Waals surface area (Å²) in [5.74, 6) is -10.1. The number of aliphatic carboxylic acids is 6. The molecule has 1 aliphatic rings. The number of carboxylic acid groups (broad SMARTS) is 6. The second-order valence-corrected chi connectivity index (χ2v) is 18.0. The fraction of sp³-hybridized carbons (Fsp3) is 0.778. The Morgan fingerprint density at radius 3 is 0.842 bits per heavy atom. The lowest BCUT2D eigenvalue weighted by molar-refractivity contribution is -0.145. The van der Waals surface area contributed by atoms with Crippen LogP contribution in [0.4, 0.5) is 0 Å². The molecule has 3 atom stereocenters. The maximum atomic E-state index is 12.5.